The number of nitrogens with one attached hydrogen (secondary N) is 1. The monoisotopic (exact) mass is 414 g/mol. The molecule has 0 aliphatic heterocycles. The van der Waals surface area contributed by atoms with Gasteiger partial charge in [-0.1, -0.05) is 43.0 Å². The number of aromatic nitrogens is 3. The first-order valence-electron chi connectivity index (χ1n) is 9.55. The van der Waals surface area contributed by atoms with Gasteiger partial charge in [-0.15, -0.1) is 11.3 Å². The molecule has 2 aromatic heterocycles. The fraction of sp³-hybridized carbons (Fsp3) is 0.381. The summed E-state index contributed by atoms with van der Waals surface area (Å²) in [5.74, 6) is -0.127. The van der Waals surface area contributed by atoms with Gasteiger partial charge in [0.2, 0.25) is 0 Å². The summed E-state index contributed by atoms with van der Waals surface area (Å²) < 4.78 is 1.73. The number of thiazole rings is 1. The first kappa shape index (κ1) is 19.2. The van der Waals surface area contributed by atoms with Crippen LogP contribution in [0.5, 0.6) is 0 Å². The van der Waals surface area contributed by atoms with Gasteiger partial charge >= 0.3 is 0 Å². The highest BCUT2D eigenvalue weighted by Crippen LogP contribution is 2.39. The Morgan fingerprint density at radius 3 is 2.86 bits per heavy atom. The van der Waals surface area contributed by atoms with Crippen LogP contribution >= 0.6 is 22.9 Å². The molecule has 1 aromatic carbocycles. The molecule has 146 valence electrons. The van der Waals surface area contributed by atoms with E-state index in [1.54, 1.807) is 10.9 Å². The second-order valence-electron chi connectivity index (χ2n) is 7.47. The van der Waals surface area contributed by atoms with Crippen molar-refractivity contribution < 1.29 is 4.79 Å². The Balaban J connectivity index is 1.50. The third kappa shape index (κ3) is 3.98. The third-order valence-electron chi connectivity index (χ3n) is 5.52. The van der Waals surface area contributed by atoms with Gasteiger partial charge in [-0.05, 0) is 30.5 Å². The highest BCUT2D eigenvalue weighted by Gasteiger charge is 2.34. The number of amides is 1. The molecule has 0 bridgehead atoms. The first-order valence-corrected chi connectivity index (χ1v) is 10.8. The molecule has 28 heavy (non-hydrogen) atoms. The van der Waals surface area contributed by atoms with Crippen molar-refractivity contribution in [1.82, 2.24) is 20.1 Å². The van der Waals surface area contributed by atoms with Crippen LogP contribution in [0.4, 0.5) is 0 Å². The Morgan fingerprint density at radius 2 is 2.14 bits per heavy atom. The van der Waals surface area contributed by atoms with Crippen LogP contribution < -0.4 is 5.32 Å². The molecule has 1 amide bonds. The standard InChI is InChI=1S/C21H23ClN4OS/c1-26-12-15(11-24-26)20-25-18(13-28-20)19(27)23-14-21(8-3-2-4-9-21)16-6-5-7-17(22)10-16/h5-7,10-13H,2-4,8-9,14H2,1H3,(H,23,27). The number of hydrogen-bond donors (Lipinski definition) is 1. The van der Waals surface area contributed by atoms with Gasteiger partial charge in [-0.25, -0.2) is 4.98 Å². The van der Waals surface area contributed by atoms with Crippen molar-refractivity contribution >= 4 is 28.8 Å². The van der Waals surface area contributed by atoms with Gasteiger partial charge in [0.15, 0.2) is 0 Å². The van der Waals surface area contributed by atoms with Gasteiger partial charge in [0.1, 0.15) is 10.7 Å². The zero-order valence-corrected chi connectivity index (χ0v) is 17.4. The molecule has 0 atom stereocenters. The van der Waals surface area contributed by atoms with Crippen LogP contribution in [0.3, 0.4) is 0 Å². The number of aryl methyl sites for hydroxylation is 1. The van der Waals surface area contributed by atoms with Gasteiger partial charge in [0, 0.05) is 41.2 Å². The van der Waals surface area contributed by atoms with Crippen molar-refractivity contribution in [2.75, 3.05) is 6.54 Å². The highest BCUT2D eigenvalue weighted by molar-refractivity contribution is 7.13. The normalized spacial score (nSPS) is 16.1. The number of hydrogen-bond acceptors (Lipinski definition) is 4. The molecule has 1 fully saturated rings. The smallest absolute Gasteiger partial charge is 0.270 e. The summed E-state index contributed by atoms with van der Waals surface area (Å²) in [6.45, 7) is 0.603. The molecule has 0 radical (unpaired) electrons. The maximum absolute atomic E-state index is 12.8. The van der Waals surface area contributed by atoms with Crippen molar-refractivity contribution in [3.63, 3.8) is 0 Å². The molecule has 0 unspecified atom stereocenters. The van der Waals surface area contributed by atoms with E-state index in [1.807, 2.05) is 36.8 Å². The van der Waals surface area contributed by atoms with E-state index in [0.29, 0.717) is 12.2 Å². The lowest BCUT2D eigenvalue weighted by atomic mass is 9.69. The minimum absolute atomic E-state index is 0.0546. The van der Waals surface area contributed by atoms with Gasteiger partial charge in [0.05, 0.1) is 6.20 Å². The van der Waals surface area contributed by atoms with Gasteiger partial charge in [-0.3, -0.25) is 9.48 Å². The van der Waals surface area contributed by atoms with Crippen molar-refractivity contribution in [2.24, 2.45) is 7.05 Å². The fourth-order valence-electron chi connectivity index (χ4n) is 4.00. The van der Waals surface area contributed by atoms with Crippen molar-refractivity contribution in [2.45, 2.75) is 37.5 Å². The Hall–Kier alpha value is -2.18. The van der Waals surface area contributed by atoms with Gasteiger partial charge in [0.25, 0.3) is 5.91 Å². The van der Waals surface area contributed by atoms with Crippen LogP contribution in [0.25, 0.3) is 10.6 Å². The molecule has 3 aromatic rings. The number of carbonyl (C=O) groups is 1. The maximum Gasteiger partial charge on any atom is 0.270 e. The number of benzene rings is 1. The van der Waals surface area contributed by atoms with E-state index >= 15 is 0 Å². The van der Waals surface area contributed by atoms with Gasteiger partial charge in [-0.2, -0.15) is 5.10 Å². The Kier molecular flexibility index (Phi) is 5.51. The summed E-state index contributed by atoms with van der Waals surface area (Å²) in [7, 11) is 1.87. The van der Waals surface area contributed by atoms with Gasteiger partial charge < -0.3 is 5.32 Å². The Labute approximate surface area is 173 Å². The minimum atomic E-state index is -0.127. The largest absolute Gasteiger partial charge is 0.350 e. The summed E-state index contributed by atoms with van der Waals surface area (Å²) in [4.78, 5) is 17.3. The molecular weight excluding hydrogens is 392 g/mol. The Bertz CT molecular complexity index is 974. The molecule has 4 rings (SSSR count). The summed E-state index contributed by atoms with van der Waals surface area (Å²) in [6, 6.07) is 8.07. The molecule has 7 heteroatoms. The van der Waals surface area contributed by atoms with Crippen molar-refractivity contribution in [1.29, 1.82) is 0 Å². The van der Waals surface area contributed by atoms with E-state index in [9.17, 15) is 4.79 Å². The predicted molar refractivity (Wildman–Crippen MR) is 113 cm³/mol. The molecule has 1 N–H and O–H groups in total. The molecular formula is C21H23ClN4OS. The molecule has 1 aliphatic rings. The molecule has 1 aliphatic carbocycles. The van der Waals surface area contributed by atoms with E-state index in [4.69, 9.17) is 11.6 Å². The van der Waals surface area contributed by atoms with Crippen LogP contribution in [-0.4, -0.2) is 27.2 Å². The van der Waals surface area contributed by atoms with Crippen LogP contribution in [0.15, 0.2) is 42.0 Å². The van der Waals surface area contributed by atoms with Crippen molar-refractivity contribution in [3.8, 4) is 10.6 Å². The van der Waals surface area contributed by atoms with Crippen LogP contribution in [0.2, 0.25) is 5.02 Å². The zero-order valence-electron chi connectivity index (χ0n) is 15.8. The van der Waals surface area contributed by atoms with Crippen molar-refractivity contribution in [3.05, 3.63) is 58.3 Å². The topological polar surface area (TPSA) is 59.8 Å². The van der Waals surface area contributed by atoms with E-state index in [0.717, 1.165) is 28.4 Å². The molecule has 2 heterocycles. The van der Waals surface area contributed by atoms with Crippen LogP contribution in [-0.2, 0) is 12.5 Å². The molecule has 5 nitrogen and oxygen atoms in total. The summed E-state index contributed by atoms with van der Waals surface area (Å²) in [6.07, 6.45) is 9.37. The highest BCUT2D eigenvalue weighted by atomic mass is 35.5. The number of carbonyl (C=O) groups excluding carboxylic acids is 1. The number of nitrogens with zero attached hydrogens (tertiary/aromatic N) is 3. The minimum Gasteiger partial charge on any atom is -0.350 e. The summed E-state index contributed by atoms with van der Waals surface area (Å²) in [5.41, 5.74) is 2.55. The van der Waals surface area contributed by atoms with E-state index in [2.05, 4.69) is 21.5 Å². The van der Waals surface area contributed by atoms with Crippen LogP contribution in [0.1, 0.15) is 48.2 Å². The molecule has 1 saturated carbocycles. The predicted octanol–water partition coefficient (Wildman–Crippen LogP) is 4.83. The second kappa shape index (κ2) is 8.05. The average molecular weight is 415 g/mol. The fourth-order valence-corrected chi connectivity index (χ4v) is 4.96. The number of rotatable bonds is 5. The van der Waals surface area contributed by atoms with E-state index < -0.39 is 0 Å². The SMILES string of the molecule is Cn1cc(-c2nc(C(=O)NCC3(c4cccc(Cl)c4)CCCCC3)cs2)cn1. The number of halogens is 1. The van der Waals surface area contributed by atoms with Crippen LogP contribution in [0, 0.1) is 0 Å². The third-order valence-corrected chi connectivity index (χ3v) is 6.65. The summed E-state index contributed by atoms with van der Waals surface area (Å²) >= 11 is 7.71. The molecule has 0 spiro atoms. The quantitative estimate of drug-likeness (QED) is 0.650. The second-order valence-corrected chi connectivity index (χ2v) is 8.77. The lowest BCUT2D eigenvalue weighted by Crippen LogP contribution is -2.42. The van der Waals surface area contributed by atoms with E-state index in [-0.39, 0.29) is 11.3 Å². The summed E-state index contributed by atoms with van der Waals surface area (Å²) in [5, 5.41) is 10.7. The Morgan fingerprint density at radius 1 is 1.32 bits per heavy atom. The maximum atomic E-state index is 12.8. The zero-order chi connectivity index (χ0) is 19.6. The lowest BCUT2D eigenvalue weighted by Gasteiger charge is -2.38. The lowest BCUT2D eigenvalue weighted by molar-refractivity contribution is 0.0932. The average Bonchev–Trinajstić information content (AvgIpc) is 3.36. The van der Waals surface area contributed by atoms with E-state index in [1.165, 1.54) is 36.2 Å². The molecule has 0 saturated heterocycles. The first-order chi connectivity index (χ1) is 13.6.